The number of aromatic nitrogens is 3. The van der Waals surface area contributed by atoms with Gasteiger partial charge in [-0.1, -0.05) is 32.9 Å². The molecule has 0 saturated heterocycles. The zero-order chi connectivity index (χ0) is 18.7. The summed E-state index contributed by atoms with van der Waals surface area (Å²) < 4.78 is 7.44. The molecule has 0 aliphatic heterocycles. The van der Waals surface area contributed by atoms with Crippen molar-refractivity contribution in [3.05, 3.63) is 40.9 Å². The van der Waals surface area contributed by atoms with Gasteiger partial charge in [0, 0.05) is 11.8 Å². The summed E-state index contributed by atoms with van der Waals surface area (Å²) in [6.45, 7) is 8.99. The van der Waals surface area contributed by atoms with Crippen LogP contribution in [0.4, 0.5) is 5.95 Å². The Morgan fingerprint density at radius 3 is 2.65 bits per heavy atom. The van der Waals surface area contributed by atoms with Gasteiger partial charge in [0.1, 0.15) is 5.75 Å². The second-order valence-electron chi connectivity index (χ2n) is 7.28. The number of carbonyl (C=O) groups is 1. The van der Waals surface area contributed by atoms with Crippen LogP contribution >= 0.6 is 11.3 Å². The van der Waals surface area contributed by atoms with Crippen LogP contribution in [0.1, 0.15) is 44.9 Å². The molecule has 0 bridgehead atoms. The standard InChI is InChI=1S/C19H24N4O2S/c1-13-12-26-18-21-17(22-23(13)18)20-16(24)6-5-11-25-15-9-7-14(8-10-15)19(2,3)4/h7-10,12H,5-6,11H2,1-4H3,(H,20,22,24). The van der Waals surface area contributed by atoms with Gasteiger partial charge in [-0.2, -0.15) is 4.98 Å². The maximum Gasteiger partial charge on any atom is 0.250 e. The third kappa shape index (κ3) is 4.40. The van der Waals surface area contributed by atoms with E-state index in [4.69, 9.17) is 4.74 Å². The lowest BCUT2D eigenvalue weighted by Crippen LogP contribution is -2.14. The van der Waals surface area contributed by atoms with Crippen molar-refractivity contribution in [1.82, 2.24) is 14.6 Å². The molecule has 138 valence electrons. The van der Waals surface area contributed by atoms with Gasteiger partial charge in [0.15, 0.2) is 0 Å². The van der Waals surface area contributed by atoms with Crippen LogP contribution in [-0.4, -0.2) is 27.1 Å². The lowest BCUT2D eigenvalue weighted by molar-refractivity contribution is -0.116. The van der Waals surface area contributed by atoms with Gasteiger partial charge in [-0.25, -0.2) is 4.52 Å². The minimum Gasteiger partial charge on any atom is -0.494 e. The molecule has 0 saturated carbocycles. The Morgan fingerprint density at radius 1 is 1.27 bits per heavy atom. The Kier molecular flexibility index (Phi) is 5.27. The quantitative estimate of drug-likeness (QED) is 0.659. The van der Waals surface area contributed by atoms with E-state index in [2.05, 4.69) is 48.3 Å². The fraction of sp³-hybridized carbons (Fsp3) is 0.421. The molecule has 0 aliphatic rings. The fourth-order valence-corrected chi connectivity index (χ4v) is 3.31. The number of fused-ring (bicyclic) bond motifs is 1. The first-order valence-corrected chi connectivity index (χ1v) is 9.55. The molecule has 0 fully saturated rings. The first-order chi connectivity index (χ1) is 12.3. The van der Waals surface area contributed by atoms with Crippen LogP contribution in [0.2, 0.25) is 0 Å². The van der Waals surface area contributed by atoms with Crippen LogP contribution in [0.3, 0.4) is 0 Å². The molecule has 0 unspecified atom stereocenters. The topological polar surface area (TPSA) is 68.5 Å². The van der Waals surface area contributed by atoms with E-state index in [9.17, 15) is 4.79 Å². The molecule has 0 atom stereocenters. The molecule has 3 rings (SSSR count). The van der Waals surface area contributed by atoms with Gasteiger partial charge in [0.05, 0.1) is 12.3 Å². The first-order valence-electron chi connectivity index (χ1n) is 8.67. The van der Waals surface area contributed by atoms with E-state index in [-0.39, 0.29) is 11.3 Å². The number of ether oxygens (including phenoxy) is 1. The number of rotatable bonds is 6. The van der Waals surface area contributed by atoms with E-state index < -0.39 is 0 Å². The molecule has 1 amide bonds. The summed E-state index contributed by atoms with van der Waals surface area (Å²) in [5.74, 6) is 1.07. The van der Waals surface area contributed by atoms with Crippen molar-refractivity contribution in [2.75, 3.05) is 11.9 Å². The summed E-state index contributed by atoms with van der Waals surface area (Å²) in [6.07, 6.45) is 1.00. The highest BCUT2D eigenvalue weighted by atomic mass is 32.1. The Morgan fingerprint density at radius 2 is 2.00 bits per heavy atom. The summed E-state index contributed by atoms with van der Waals surface area (Å²) in [4.78, 5) is 17.1. The van der Waals surface area contributed by atoms with E-state index in [1.54, 1.807) is 4.52 Å². The minimum atomic E-state index is -0.104. The molecule has 1 N–H and O–H groups in total. The number of hydrogen-bond acceptors (Lipinski definition) is 5. The highest BCUT2D eigenvalue weighted by Gasteiger charge is 2.13. The van der Waals surface area contributed by atoms with E-state index in [1.807, 2.05) is 24.4 Å². The van der Waals surface area contributed by atoms with Crippen LogP contribution in [0.25, 0.3) is 4.96 Å². The van der Waals surface area contributed by atoms with Gasteiger partial charge in [0.25, 0.3) is 0 Å². The maximum atomic E-state index is 12.0. The largest absolute Gasteiger partial charge is 0.494 e. The van der Waals surface area contributed by atoms with Crippen molar-refractivity contribution in [2.24, 2.45) is 0 Å². The number of amides is 1. The number of nitrogens with zero attached hydrogens (tertiary/aromatic N) is 3. The second-order valence-corrected chi connectivity index (χ2v) is 8.12. The van der Waals surface area contributed by atoms with Gasteiger partial charge >= 0.3 is 0 Å². The number of hydrogen-bond donors (Lipinski definition) is 1. The Bertz CT molecular complexity index is 891. The molecule has 3 aromatic rings. The number of thiazole rings is 1. The predicted molar refractivity (Wildman–Crippen MR) is 104 cm³/mol. The summed E-state index contributed by atoms with van der Waals surface area (Å²) in [7, 11) is 0. The van der Waals surface area contributed by atoms with Crippen molar-refractivity contribution in [2.45, 2.75) is 46.0 Å². The van der Waals surface area contributed by atoms with Gasteiger partial charge < -0.3 is 4.74 Å². The monoisotopic (exact) mass is 372 g/mol. The van der Waals surface area contributed by atoms with Crippen molar-refractivity contribution >= 4 is 28.2 Å². The van der Waals surface area contributed by atoms with E-state index in [0.717, 1.165) is 16.4 Å². The Hall–Kier alpha value is -2.41. The molecule has 26 heavy (non-hydrogen) atoms. The smallest absolute Gasteiger partial charge is 0.250 e. The zero-order valence-electron chi connectivity index (χ0n) is 15.6. The van der Waals surface area contributed by atoms with Crippen molar-refractivity contribution in [3.8, 4) is 5.75 Å². The van der Waals surface area contributed by atoms with E-state index in [0.29, 0.717) is 25.4 Å². The third-order valence-corrected chi connectivity index (χ3v) is 4.97. The van der Waals surface area contributed by atoms with Crippen LogP contribution in [-0.2, 0) is 10.2 Å². The fourth-order valence-electron chi connectivity index (χ4n) is 2.51. The lowest BCUT2D eigenvalue weighted by Gasteiger charge is -2.19. The van der Waals surface area contributed by atoms with Gasteiger partial charge in [-0.3, -0.25) is 10.1 Å². The molecule has 7 heteroatoms. The van der Waals surface area contributed by atoms with Gasteiger partial charge in [0.2, 0.25) is 16.8 Å². The maximum absolute atomic E-state index is 12.0. The highest BCUT2D eigenvalue weighted by molar-refractivity contribution is 7.15. The minimum absolute atomic E-state index is 0.104. The van der Waals surface area contributed by atoms with E-state index in [1.165, 1.54) is 16.9 Å². The number of aryl methyl sites for hydroxylation is 1. The first kappa shape index (κ1) is 18.4. The molecule has 2 aromatic heterocycles. The summed E-state index contributed by atoms with van der Waals surface area (Å²) in [5, 5.41) is 8.98. The molecular weight excluding hydrogens is 348 g/mol. The van der Waals surface area contributed by atoms with Crippen molar-refractivity contribution in [3.63, 3.8) is 0 Å². The second kappa shape index (κ2) is 7.45. The number of benzene rings is 1. The molecule has 1 aromatic carbocycles. The third-order valence-electron chi connectivity index (χ3n) is 4.03. The molecule has 0 spiro atoms. The van der Waals surface area contributed by atoms with E-state index >= 15 is 0 Å². The average molecular weight is 372 g/mol. The summed E-state index contributed by atoms with van der Waals surface area (Å²) in [6, 6.07) is 8.12. The van der Waals surface area contributed by atoms with Crippen molar-refractivity contribution < 1.29 is 9.53 Å². The molecular formula is C19H24N4O2S. The average Bonchev–Trinajstić information content (AvgIpc) is 3.13. The van der Waals surface area contributed by atoms with Crippen LogP contribution in [0.15, 0.2) is 29.6 Å². The van der Waals surface area contributed by atoms with Crippen molar-refractivity contribution in [1.29, 1.82) is 0 Å². The SMILES string of the molecule is Cc1csc2nc(NC(=O)CCCOc3ccc(C(C)(C)C)cc3)nn12. The molecule has 0 aliphatic carbocycles. The van der Waals surface area contributed by atoms with Gasteiger partial charge in [-0.05, 0) is 36.5 Å². The lowest BCUT2D eigenvalue weighted by atomic mass is 9.87. The molecule has 6 nitrogen and oxygen atoms in total. The number of anilines is 1. The highest BCUT2D eigenvalue weighted by Crippen LogP contribution is 2.24. The predicted octanol–water partition coefficient (Wildman–Crippen LogP) is 4.19. The normalized spacial score (nSPS) is 11.7. The van der Waals surface area contributed by atoms with Crippen LogP contribution in [0.5, 0.6) is 5.75 Å². The van der Waals surface area contributed by atoms with Crippen LogP contribution < -0.4 is 10.1 Å². The molecule has 2 heterocycles. The van der Waals surface area contributed by atoms with Gasteiger partial charge in [-0.15, -0.1) is 16.4 Å². The summed E-state index contributed by atoms with van der Waals surface area (Å²) >= 11 is 1.50. The summed E-state index contributed by atoms with van der Waals surface area (Å²) in [5.41, 5.74) is 2.40. The Balaban J connectivity index is 1.42. The van der Waals surface area contributed by atoms with Crippen LogP contribution in [0, 0.1) is 6.92 Å². The number of nitrogens with one attached hydrogen (secondary N) is 1. The Labute approximate surface area is 157 Å². The number of carbonyl (C=O) groups excluding carboxylic acids is 1. The zero-order valence-corrected chi connectivity index (χ0v) is 16.4. The molecule has 0 radical (unpaired) electrons.